The molecule has 2 aliphatic heterocycles. The molecule has 3 rings (SSSR count). The van der Waals surface area contributed by atoms with E-state index in [2.05, 4.69) is 22.1 Å². The van der Waals surface area contributed by atoms with Crippen LogP contribution in [0.15, 0.2) is 18.5 Å². The molecule has 120 valence electrons. The topological polar surface area (TPSA) is 57.7 Å². The highest BCUT2D eigenvalue weighted by Crippen LogP contribution is 2.27. The molecule has 2 fully saturated rings. The van der Waals surface area contributed by atoms with Crippen molar-refractivity contribution in [1.82, 2.24) is 20.1 Å². The Morgan fingerprint density at radius 2 is 2.32 bits per heavy atom. The Bertz CT molecular complexity index is 556. The summed E-state index contributed by atoms with van der Waals surface area (Å²) in [6, 6.07) is 1.49. The molecule has 0 saturated carbocycles. The standard InChI is InChI=1S/C15H21FN4O2/c1-10-9-22-6-5-20(10)15-18-13(7-14(21)19(15)2)11-3-4-17-8-12(11)16/h3-4,8,10,13,15,18H,5-7,9H2,1-2H3/t10-,13?,15?/m1/s1. The zero-order valence-corrected chi connectivity index (χ0v) is 12.8. The van der Waals surface area contributed by atoms with Gasteiger partial charge in [0, 0.05) is 43.9 Å². The van der Waals surface area contributed by atoms with Crippen molar-refractivity contribution in [3.63, 3.8) is 0 Å². The monoisotopic (exact) mass is 308 g/mol. The van der Waals surface area contributed by atoms with E-state index in [4.69, 9.17) is 4.74 Å². The average Bonchev–Trinajstić information content (AvgIpc) is 2.51. The first-order valence-electron chi connectivity index (χ1n) is 7.52. The molecule has 3 heterocycles. The lowest BCUT2D eigenvalue weighted by atomic mass is 10.0. The van der Waals surface area contributed by atoms with Gasteiger partial charge in [0.05, 0.1) is 19.4 Å². The fraction of sp³-hybridized carbons (Fsp3) is 0.600. The second-order valence-corrected chi connectivity index (χ2v) is 5.86. The predicted octanol–water partition coefficient (Wildman–Crippen LogP) is 0.718. The van der Waals surface area contributed by atoms with Crippen LogP contribution in [-0.2, 0) is 9.53 Å². The van der Waals surface area contributed by atoms with Gasteiger partial charge in [-0.1, -0.05) is 0 Å². The van der Waals surface area contributed by atoms with E-state index in [1.807, 2.05) is 0 Å². The van der Waals surface area contributed by atoms with Crippen molar-refractivity contribution in [2.45, 2.75) is 31.7 Å². The number of ether oxygens (including phenoxy) is 1. The molecule has 1 aromatic heterocycles. The Balaban J connectivity index is 1.84. The van der Waals surface area contributed by atoms with Gasteiger partial charge < -0.3 is 9.64 Å². The summed E-state index contributed by atoms with van der Waals surface area (Å²) in [5.41, 5.74) is 0.488. The third-order valence-electron chi connectivity index (χ3n) is 4.40. The molecule has 0 radical (unpaired) electrons. The highest BCUT2D eigenvalue weighted by Gasteiger charge is 2.38. The van der Waals surface area contributed by atoms with Crippen molar-refractivity contribution in [2.24, 2.45) is 0 Å². The molecule has 1 amide bonds. The Morgan fingerprint density at radius 1 is 1.50 bits per heavy atom. The molecule has 3 atom stereocenters. The molecule has 2 saturated heterocycles. The van der Waals surface area contributed by atoms with Crippen LogP contribution in [-0.4, -0.2) is 59.8 Å². The number of nitrogens with one attached hydrogen (secondary N) is 1. The molecule has 0 bridgehead atoms. The summed E-state index contributed by atoms with van der Waals surface area (Å²) in [6.45, 7) is 4.07. The number of hydrogen-bond acceptors (Lipinski definition) is 5. The zero-order valence-electron chi connectivity index (χ0n) is 12.8. The Kier molecular flexibility index (Phi) is 4.37. The molecule has 22 heavy (non-hydrogen) atoms. The fourth-order valence-electron chi connectivity index (χ4n) is 3.10. The summed E-state index contributed by atoms with van der Waals surface area (Å²) in [4.78, 5) is 20.0. The number of amides is 1. The van der Waals surface area contributed by atoms with Gasteiger partial charge in [0.2, 0.25) is 5.91 Å². The van der Waals surface area contributed by atoms with Gasteiger partial charge in [0.15, 0.2) is 0 Å². The second-order valence-electron chi connectivity index (χ2n) is 5.86. The molecule has 2 aliphatic rings. The summed E-state index contributed by atoms with van der Waals surface area (Å²) in [6.07, 6.45) is 2.73. The van der Waals surface area contributed by atoms with Gasteiger partial charge in [0.1, 0.15) is 12.1 Å². The second kappa shape index (κ2) is 6.28. The van der Waals surface area contributed by atoms with Crippen LogP contribution >= 0.6 is 0 Å². The predicted molar refractivity (Wildman–Crippen MR) is 78.2 cm³/mol. The number of hydrogen-bond donors (Lipinski definition) is 1. The Hall–Kier alpha value is -1.57. The lowest BCUT2D eigenvalue weighted by Gasteiger charge is -2.47. The van der Waals surface area contributed by atoms with Gasteiger partial charge in [-0.05, 0) is 13.0 Å². The molecular weight excluding hydrogens is 287 g/mol. The van der Waals surface area contributed by atoms with E-state index in [0.29, 0.717) is 18.8 Å². The lowest BCUT2D eigenvalue weighted by Crippen LogP contribution is -2.65. The molecule has 1 N–H and O–H groups in total. The van der Waals surface area contributed by atoms with Crippen molar-refractivity contribution in [3.05, 3.63) is 29.8 Å². The zero-order chi connectivity index (χ0) is 15.7. The fourth-order valence-corrected chi connectivity index (χ4v) is 3.10. The maximum Gasteiger partial charge on any atom is 0.226 e. The summed E-state index contributed by atoms with van der Waals surface area (Å²) in [5, 5.41) is 3.40. The summed E-state index contributed by atoms with van der Waals surface area (Å²) >= 11 is 0. The molecule has 0 aliphatic carbocycles. The van der Waals surface area contributed by atoms with Crippen LogP contribution < -0.4 is 5.32 Å². The molecule has 0 spiro atoms. The summed E-state index contributed by atoms with van der Waals surface area (Å²) in [7, 11) is 1.78. The van der Waals surface area contributed by atoms with Gasteiger partial charge in [-0.25, -0.2) is 4.39 Å². The molecule has 7 heteroatoms. The van der Waals surface area contributed by atoms with Gasteiger partial charge in [-0.2, -0.15) is 0 Å². The van der Waals surface area contributed by atoms with Crippen molar-refractivity contribution in [2.75, 3.05) is 26.8 Å². The number of halogens is 1. The number of nitrogens with zero attached hydrogens (tertiary/aromatic N) is 3. The van der Waals surface area contributed by atoms with E-state index >= 15 is 0 Å². The average molecular weight is 308 g/mol. The third kappa shape index (κ3) is 2.84. The van der Waals surface area contributed by atoms with E-state index < -0.39 is 0 Å². The quantitative estimate of drug-likeness (QED) is 0.872. The van der Waals surface area contributed by atoms with Crippen LogP contribution in [0.1, 0.15) is 24.9 Å². The van der Waals surface area contributed by atoms with E-state index in [-0.39, 0.29) is 36.5 Å². The van der Waals surface area contributed by atoms with Crippen LogP contribution in [0.2, 0.25) is 0 Å². The molecular formula is C15H21FN4O2. The maximum atomic E-state index is 14.0. The van der Waals surface area contributed by atoms with Crippen LogP contribution in [0.3, 0.4) is 0 Å². The lowest BCUT2D eigenvalue weighted by molar-refractivity contribution is -0.150. The largest absolute Gasteiger partial charge is 0.379 e. The highest BCUT2D eigenvalue weighted by atomic mass is 19.1. The van der Waals surface area contributed by atoms with Crippen molar-refractivity contribution in [1.29, 1.82) is 0 Å². The molecule has 2 unspecified atom stereocenters. The van der Waals surface area contributed by atoms with E-state index in [1.165, 1.54) is 6.20 Å². The minimum absolute atomic E-state index is 0.00338. The SMILES string of the molecule is C[C@@H]1COCCN1C1NC(c2ccncc2F)CC(=O)N1C. The molecule has 6 nitrogen and oxygen atoms in total. The minimum atomic E-state index is -0.383. The van der Waals surface area contributed by atoms with Crippen LogP contribution in [0.4, 0.5) is 4.39 Å². The molecule has 1 aromatic rings. The Labute approximate surface area is 129 Å². The summed E-state index contributed by atoms with van der Waals surface area (Å²) in [5.74, 6) is -0.380. The number of pyridine rings is 1. The number of carbonyl (C=O) groups is 1. The molecule has 0 aromatic carbocycles. The highest BCUT2D eigenvalue weighted by molar-refractivity contribution is 5.78. The maximum absolute atomic E-state index is 14.0. The first-order valence-corrected chi connectivity index (χ1v) is 7.52. The van der Waals surface area contributed by atoms with Crippen LogP contribution in [0.25, 0.3) is 0 Å². The Morgan fingerprint density at radius 3 is 3.05 bits per heavy atom. The van der Waals surface area contributed by atoms with Crippen LogP contribution in [0, 0.1) is 5.82 Å². The number of morpholine rings is 1. The van der Waals surface area contributed by atoms with Crippen LogP contribution in [0.5, 0.6) is 0 Å². The van der Waals surface area contributed by atoms with Crippen molar-refractivity contribution in [3.8, 4) is 0 Å². The van der Waals surface area contributed by atoms with Crippen molar-refractivity contribution >= 4 is 5.91 Å². The summed E-state index contributed by atoms with van der Waals surface area (Å²) < 4.78 is 19.4. The van der Waals surface area contributed by atoms with E-state index in [0.717, 1.165) is 6.54 Å². The van der Waals surface area contributed by atoms with E-state index in [1.54, 1.807) is 24.2 Å². The number of aromatic nitrogens is 1. The van der Waals surface area contributed by atoms with Gasteiger partial charge >= 0.3 is 0 Å². The van der Waals surface area contributed by atoms with Gasteiger partial charge in [-0.15, -0.1) is 0 Å². The smallest absolute Gasteiger partial charge is 0.226 e. The first kappa shape index (κ1) is 15.3. The third-order valence-corrected chi connectivity index (χ3v) is 4.40. The van der Waals surface area contributed by atoms with E-state index in [9.17, 15) is 9.18 Å². The van der Waals surface area contributed by atoms with Crippen molar-refractivity contribution < 1.29 is 13.9 Å². The normalized spacial score (nSPS) is 30.6. The number of rotatable bonds is 2. The minimum Gasteiger partial charge on any atom is -0.379 e. The first-order chi connectivity index (χ1) is 10.6. The number of carbonyl (C=O) groups excluding carboxylic acids is 1. The van der Waals surface area contributed by atoms with Gasteiger partial charge in [0.25, 0.3) is 0 Å². The van der Waals surface area contributed by atoms with Gasteiger partial charge in [-0.3, -0.25) is 20.0 Å².